The van der Waals surface area contributed by atoms with Crippen LogP contribution in [0.15, 0.2) is 0 Å². The predicted octanol–water partition coefficient (Wildman–Crippen LogP) is 19.4. The summed E-state index contributed by atoms with van der Waals surface area (Å²) in [6, 6.07) is 0. The molecule has 0 aliphatic carbocycles. The molecule has 4 nitrogen and oxygen atoms in total. The first kappa shape index (κ1) is 69.0. The molecule has 0 aromatic heterocycles. The monoisotopic (exact) mass is 1020 g/mol. The first-order chi connectivity index (χ1) is 32.0. The van der Waals surface area contributed by atoms with Gasteiger partial charge in [0, 0.05) is 11.9 Å². The van der Waals surface area contributed by atoms with Crippen molar-refractivity contribution in [3.8, 4) is 0 Å². The van der Waals surface area contributed by atoms with E-state index in [0.29, 0.717) is 0 Å². The summed E-state index contributed by atoms with van der Waals surface area (Å²) >= 11 is 0.00985. The molecule has 0 saturated carbocycles. The van der Waals surface area contributed by atoms with Gasteiger partial charge in [-0.05, 0) is 25.7 Å². The van der Waals surface area contributed by atoms with E-state index in [1.54, 1.807) is 21.7 Å². The molecule has 0 fully saturated rings. The van der Waals surface area contributed by atoms with E-state index in [4.69, 9.17) is 0 Å². The quantitative estimate of drug-likeness (QED) is 0.0449. The standard InChI is InChI=1S/2C18H37.2C12H24O2.Sn/c2*1-3-5-7-9-11-13-15-17-18-16-14-12-10-8-6-4-2;2*1-2-3-4-5-6-7-8-9-10-11-12(13)14;/h2*1,3-18H2,2H3;2*2-11H2,1H3,(H,13,14);/q;;;;+2/p-2. The maximum absolute atomic E-state index is 10.1. The van der Waals surface area contributed by atoms with E-state index < -0.39 is 11.9 Å². The zero-order chi connectivity index (χ0) is 48.0. The number of carbonyl (C=O) groups excluding carboxylic acids is 2. The fourth-order valence-corrected chi connectivity index (χ4v) is 12.4. The van der Waals surface area contributed by atoms with Crippen LogP contribution in [0.2, 0.25) is 8.87 Å². The number of carbonyl (C=O) groups is 2. The van der Waals surface area contributed by atoms with Crippen LogP contribution in [0.3, 0.4) is 0 Å². The fraction of sp³-hybridized carbons (Fsp3) is 0.967. The molecule has 0 heterocycles. The number of carboxylic acids is 2. The van der Waals surface area contributed by atoms with Gasteiger partial charge in [-0.15, -0.1) is 0 Å². The zero-order valence-electron chi connectivity index (χ0n) is 45.3. The van der Waals surface area contributed by atoms with Crippen molar-refractivity contribution in [3.05, 3.63) is 0 Å². The van der Waals surface area contributed by atoms with Crippen LogP contribution in [0.25, 0.3) is 0 Å². The molecule has 65 heavy (non-hydrogen) atoms. The van der Waals surface area contributed by atoms with Crippen molar-refractivity contribution in [1.29, 1.82) is 0 Å². The Morgan fingerprint density at radius 2 is 0.369 bits per heavy atom. The van der Waals surface area contributed by atoms with Crippen LogP contribution in [0.5, 0.6) is 0 Å². The molecule has 0 radical (unpaired) electrons. The molecule has 0 aliphatic heterocycles. The van der Waals surface area contributed by atoms with Crippen LogP contribution in [-0.2, 0) is 9.59 Å². The van der Waals surface area contributed by atoms with Crippen LogP contribution in [-0.4, -0.2) is 33.1 Å². The van der Waals surface area contributed by atoms with Crippen LogP contribution in [0, 0.1) is 0 Å². The van der Waals surface area contributed by atoms with Crippen molar-refractivity contribution in [3.63, 3.8) is 0 Å². The van der Waals surface area contributed by atoms with E-state index in [1.165, 1.54) is 283 Å². The smallest absolute Gasteiger partial charge is 0.0654 e. The second-order valence-corrected chi connectivity index (χ2v) is 24.5. The minimum atomic E-state index is -0.909. The number of unbranched alkanes of at least 4 members (excludes halogenated alkanes) is 46. The predicted molar refractivity (Wildman–Crippen MR) is 288 cm³/mol. The zero-order valence-corrected chi connectivity index (χ0v) is 48.2. The molecule has 0 saturated heterocycles. The molecule has 0 amide bonds. The molecule has 0 aromatic rings. The summed E-state index contributed by atoms with van der Waals surface area (Å²) < 4.78 is 3.33. The Kier molecular flexibility index (Phi) is 72.2. The van der Waals surface area contributed by atoms with Crippen molar-refractivity contribution in [2.24, 2.45) is 0 Å². The van der Waals surface area contributed by atoms with Crippen LogP contribution >= 0.6 is 0 Å². The molecule has 0 aromatic carbocycles. The molecular weight excluding hydrogens is 903 g/mol. The van der Waals surface area contributed by atoms with Gasteiger partial charge in [-0.1, -0.05) is 195 Å². The third-order valence-corrected chi connectivity index (χ3v) is 17.4. The van der Waals surface area contributed by atoms with E-state index in [9.17, 15) is 19.8 Å². The fourth-order valence-electron chi connectivity index (χ4n) is 8.88. The Bertz CT molecular complexity index is 768. The van der Waals surface area contributed by atoms with Crippen LogP contribution < -0.4 is 10.2 Å². The Labute approximate surface area is 421 Å². The summed E-state index contributed by atoms with van der Waals surface area (Å²) in [5.41, 5.74) is 0. The normalized spacial score (nSPS) is 10.9. The molecule has 0 spiro atoms. The van der Waals surface area contributed by atoms with Gasteiger partial charge in [0.25, 0.3) is 0 Å². The Morgan fingerprint density at radius 3 is 0.523 bits per heavy atom. The second-order valence-electron chi connectivity index (χ2n) is 20.3. The molecular formula is C60H120O4Sn. The van der Waals surface area contributed by atoms with Gasteiger partial charge in [-0.3, -0.25) is 0 Å². The number of aliphatic carboxylic acids is 2. The van der Waals surface area contributed by atoms with Gasteiger partial charge in [0.15, 0.2) is 0 Å². The van der Waals surface area contributed by atoms with Gasteiger partial charge < -0.3 is 19.8 Å². The summed E-state index contributed by atoms with van der Waals surface area (Å²) in [7, 11) is 0. The second kappa shape index (κ2) is 68.0. The topological polar surface area (TPSA) is 80.3 Å². The van der Waals surface area contributed by atoms with E-state index in [1.807, 2.05) is 0 Å². The molecule has 5 heteroatoms. The maximum atomic E-state index is 10.1. The minimum absolute atomic E-state index is 0.00985. The van der Waals surface area contributed by atoms with Crippen molar-refractivity contribution >= 4 is 33.1 Å². The van der Waals surface area contributed by atoms with E-state index >= 15 is 0 Å². The van der Waals surface area contributed by atoms with E-state index in [2.05, 4.69) is 27.7 Å². The molecule has 0 N–H and O–H groups in total. The van der Waals surface area contributed by atoms with Gasteiger partial charge in [-0.25, -0.2) is 0 Å². The number of carboxylic acid groups (broad SMARTS) is 2. The van der Waals surface area contributed by atoms with Crippen molar-refractivity contribution < 1.29 is 19.8 Å². The van der Waals surface area contributed by atoms with Gasteiger partial charge in [0.1, 0.15) is 0 Å². The van der Waals surface area contributed by atoms with Crippen molar-refractivity contribution in [2.45, 2.75) is 370 Å². The number of hydrogen-bond donors (Lipinski definition) is 0. The summed E-state index contributed by atoms with van der Waals surface area (Å²) in [6.07, 6.45) is 70.2. The number of hydrogen-bond acceptors (Lipinski definition) is 4. The minimum Gasteiger partial charge on any atom is -0.0654 e. The summed E-state index contributed by atoms with van der Waals surface area (Å²) in [5.74, 6) is -1.82. The first-order valence-electron chi connectivity index (χ1n) is 30.1. The first-order valence-corrected chi connectivity index (χ1v) is 34.1. The van der Waals surface area contributed by atoms with Gasteiger partial charge >= 0.3 is 171 Å². The molecule has 0 bridgehead atoms. The summed E-state index contributed by atoms with van der Waals surface area (Å²) in [5, 5.41) is 20.2. The number of rotatable bonds is 54. The Hall–Kier alpha value is -0.261. The van der Waals surface area contributed by atoms with Crippen LogP contribution in [0.1, 0.15) is 362 Å². The van der Waals surface area contributed by atoms with E-state index in [-0.39, 0.29) is 34.0 Å². The van der Waals surface area contributed by atoms with Crippen molar-refractivity contribution in [1.82, 2.24) is 0 Å². The van der Waals surface area contributed by atoms with Crippen LogP contribution in [0.4, 0.5) is 0 Å². The van der Waals surface area contributed by atoms with E-state index in [0.717, 1.165) is 25.7 Å². The van der Waals surface area contributed by atoms with Gasteiger partial charge in [0.2, 0.25) is 0 Å². The van der Waals surface area contributed by atoms with Crippen molar-refractivity contribution in [2.75, 3.05) is 0 Å². The Morgan fingerprint density at radius 1 is 0.231 bits per heavy atom. The third kappa shape index (κ3) is 78.2. The van der Waals surface area contributed by atoms with Gasteiger partial charge in [0.05, 0.1) is 0 Å². The molecule has 0 unspecified atom stereocenters. The average Bonchev–Trinajstić information content (AvgIpc) is 3.29. The van der Waals surface area contributed by atoms with Gasteiger partial charge in [-0.2, -0.15) is 0 Å². The molecule has 0 aliphatic rings. The molecule has 0 rings (SSSR count). The SMILES string of the molecule is CCCCCCCCCCCC(=O)[O-].CCCCCCCCCCCC(=O)[O-].CCCCCCCCCCCCCCCCC[CH2][Sn+2][CH2]CCCCCCCCCCCCCCCCC. The molecule has 388 valence electrons. The average molecular weight is 1020 g/mol. The molecule has 0 atom stereocenters. The third-order valence-electron chi connectivity index (χ3n) is 13.4. The summed E-state index contributed by atoms with van der Waals surface area (Å²) in [4.78, 5) is 20.2. The summed E-state index contributed by atoms with van der Waals surface area (Å²) in [6.45, 7) is 9.07. The Balaban J connectivity index is -0.00000111.